The van der Waals surface area contributed by atoms with Crippen LogP contribution in [0.2, 0.25) is 0 Å². The summed E-state index contributed by atoms with van der Waals surface area (Å²) < 4.78 is 5.72. The molecule has 0 aliphatic carbocycles. The van der Waals surface area contributed by atoms with Crippen LogP contribution in [0.4, 0.5) is 0 Å². The maximum atomic E-state index is 12.2. The van der Waals surface area contributed by atoms with E-state index in [4.69, 9.17) is 4.74 Å². The lowest BCUT2D eigenvalue weighted by atomic mass is 10.1. The highest BCUT2D eigenvalue weighted by Crippen LogP contribution is 2.21. The Hall–Kier alpha value is -1.47. The molecule has 100 valence electrons. The van der Waals surface area contributed by atoms with Gasteiger partial charge in [-0.1, -0.05) is 11.3 Å². The highest BCUT2D eigenvalue weighted by Gasteiger charge is 2.25. The number of aromatic nitrogens is 2. The number of piperidine rings is 1. The van der Waals surface area contributed by atoms with E-state index in [0.29, 0.717) is 5.19 Å². The number of nitrogens with zero attached hydrogens (tertiary/aromatic N) is 3. The van der Waals surface area contributed by atoms with Crippen molar-refractivity contribution in [2.45, 2.75) is 18.9 Å². The zero-order valence-corrected chi connectivity index (χ0v) is 11.8. The van der Waals surface area contributed by atoms with Crippen molar-refractivity contribution < 1.29 is 9.53 Å². The minimum atomic E-state index is 0.121. The molecule has 1 fully saturated rings. The first kappa shape index (κ1) is 12.6. The summed E-state index contributed by atoms with van der Waals surface area (Å²) in [4.78, 5) is 14.0. The van der Waals surface area contributed by atoms with E-state index in [9.17, 15) is 4.79 Å². The van der Waals surface area contributed by atoms with Gasteiger partial charge in [0.05, 0.1) is 5.56 Å². The molecule has 0 spiro atoms. The van der Waals surface area contributed by atoms with E-state index in [0.717, 1.165) is 31.5 Å². The molecule has 3 heterocycles. The molecule has 3 rings (SSSR count). The van der Waals surface area contributed by atoms with Crippen LogP contribution < -0.4 is 4.74 Å². The fourth-order valence-corrected chi connectivity index (χ4v) is 3.20. The maximum absolute atomic E-state index is 12.2. The largest absolute Gasteiger partial charge is 0.465 e. The maximum Gasteiger partial charge on any atom is 0.294 e. The fourth-order valence-electron chi connectivity index (χ4n) is 2.10. The Bertz CT molecular complexity index is 519. The molecule has 0 bridgehead atoms. The summed E-state index contributed by atoms with van der Waals surface area (Å²) in [7, 11) is 0. The number of likely N-dealkylation sites (tertiary alicyclic amines) is 1. The second kappa shape index (κ2) is 5.66. The highest BCUT2D eigenvalue weighted by atomic mass is 32.1. The predicted octanol–water partition coefficient (Wildman–Crippen LogP) is 2.28. The van der Waals surface area contributed by atoms with Gasteiger partial charge in [0.25, 0.3) is 11.1 Å². The number of hydrogen-bond acceptors (Lipinski definition) is 6. The van der Waals surface area contributed by atoms with E-state index in [-0.39, 0.29) is 12.0 Å². The van der Waals surface area contributed by atoms with E-state index in [1.54, 1.807) is 16.8 Å². The van der Waals surface area contributed by atoms with E-state index in [1.807, 2.05) is 21.7 Å². The molecule has 1 amide bonds. The van der Waals surface area contributed by atoms with Crippen molar-refractivity contribution in [3.63, 3.8) is 0 Å². The Morgan fingerprint density at radius 1 is 1.42 bits per heavy atom. The van der Waals surface area contributed by atoms with Crippen molar-refractivity contribution in [2.75, 3.05) is 13.1 Å². The van der Waals surface area contributed by atoms with Gasteiger partial charge in [0.15, 0.2) is 0 Å². The van der Waals surface area contributed by atoms with Gasteiger partial charge in [-0.15, -0.1) is 10.2 Å². The number of amides is 1. The summed E-state index contributed by atoms with van der Waals surface area (Å²) in [5, 5.41) is 12.1. The van der Waals surface area contributed by atoms with Gasteiger partial charge in [0, 0.05) is 31.3 Å². The first-order valence-electron chi connectivity index (χ1n) is 6.07. The molecule has 2 aromatic rings. The third kappa shape index (κ3) is 2.93. The molecule has 1 aliphatic heterocycles. The van der Waals surface area contributed by atoms with Crippen molar-refractivity contribution >= 4 is 28.6 Å². The van der Waals surface area contributed by atoms with Crippen LogP contribution in [-0.4, -0.2) is 40.2 Å². The first-order chi connectivity index (χ1) is 9.33. The lowest BCUT2D eigenvalue weighted by molar-refractivity contribution is 0.0594. The van der Waals surface area contributed by atoms with Crippen LogP contribution in [0.15, 0.2) is 22.3 Å². The van der Waals surface area contributed by atoms with Crippen LogP contribution in [0.1, 0.15) is 23.2 Å². The smallest absolute Gasteiger partial charge is 0.294 e. The zero-order chi connectivity index (χ0) is 13.1. The lowest BCUT2D eigenvalue weighted by Crippen LogP contribution is -2.41. The van der Waals surface area contributed by atoms with Gasteiger partial charge in [-0.25, -0.2) is 0 Å². The Morgan fingerprint density at radius 2 is 2.26 bits per heavy atom. The topological polar surface area (TPSA) is 55.3 Å². The molecule has 2 aromatic heterocycles. The summed E-state index contributed by atoms with van der Waals surface area (Å²) in [5.74, 6) is 0.121. The lowest BCUT2D eigenvalue weighted by Gasteiger charge is -2.31. The number of carbonyl (C=O) groups is 1. The van der Waals surface area contributed by atoms with E-state index in [2.05, 4.69) is 10.2 Å². The summed E-state index contributed by atoms with van der Waals surface area (Å²) >= 11 is 2.95. The van der Waals surface area contributed by atoms with Crippen LogP contribution in [0.25, 0.3) is 0 Å². The van der Waals surface area contributed by atoms with E-state index in [1.165, 1.54) is 11.3 Å². The molecule has 19 heavy (non-hydrogen) atoms. The van der Waals surface area contributed by atoms with E-state index >= 15 is 0 Å². The number of ether oxygens (including phenoxy) is 1. The van der Waals surface area contributed by atoms with Crippen LogP contribution in [0.5, 0.6) is 5.19 Å². The number of rotatable bonds is 3. The van der Waals surface area contributed by atoms with Gasteiger partial charge >= 0.3 is 0 Å². The summed E-state index contributed by atoms with van der Waals surface area (Å²) in [6.45, 7) is 1.47. The third-order valence-electron chi connectivity index (χ3n) is 3.10. The Balaban J connectivity index is 1.53. The molecular formula is C12H13N3O2S2. The molecule has 0 radical (unpaired) electrons. The standard InChI is InChI=1S/C12H13N3O2S2/c16-11(9-3-6-18-7-9)15-4-1-10(2-5-15)17-12-14-13-8-19-12/h3,6-8,10H,1-2,4-5H2. The molecule has 0 unspecified atom stereocenters. The average Bonchev–Trinajstić information content (AvgIpc) is 3.12. The Labute approximate surface area is 118 Å². The van der Waals surface area contributed by atoms with Gasteiger partial charge in [0.1, 0.15) is 11.6 Å². The van der Waals surface area contributed by atoms with Gasteiger partial charge in [-0.3, -0.25) is 4.79 Å². The normalized spacial score (nSPS) is 16.5. The Morgan fingerprint density at radius 3 is 2.89 bits per heavy atom. The molecule has 0 aromatic carbocycles. The van der Waals surface area contributed by atoms with Gasteiger partial charge in [-0.2, -0.15) is 11.3 Å². The minimum Gasteiger partial charge on any atom is -0.465 e. The fraction of sp³-hybridized carbons (Fsp3) is 0.417. The quantitative estimate of drug-likeness (QED) is 0.871. The first-order valence-corrected chi connectivity index (χ1v) is 7.89. The number of hydrogen-bond donors (Lipinski definition) is 0. The van der Waals surface area contributed by atoms with Crippen LogP contribution in [0.3, 0.4) is 0 Å². The molecule has 0 saturated carbocycles. The van der Waals surface area contributed by atoms with Crippen molar-refractivity contribution in [1.29, 1.82) is 0 Å². The number of thiophene rings is 1. The monoisotopic (exact) mass is 295 g/mol. The molecule has 5 nitrogen and oxygen atoms in total. The van der Waals surface area contributed by atoms with Crippen molar-refractivity contribution in [1.82, 2.24) is 15.1 Å². The van der Waals surface area contributed by atoms with Crippen LogP contribution in [0, 0.1) is 0 Å². The molecule has 1 aliphatic rings. The van der Waals surface area contributed by atoms with Crippen LogP contribution >= 0.6 is 22.7 Å². The SMILES string of the molecule is O=C(c1ccsc1)N1CCC(Oc2nncs2)CC1. The average molecular weight is 295 g/mol. The second-order valence-electron chi connectivity index (χ2n) is 4.33. The second-order valence-corrected chi connectivity index (χ2v) is 5.90. The molecule has 1 saturated heterocycles. The van der Waals surface area contributed by atoms with Crippen molar-refractivity contribution in [2.24, 2.45) is 0 Å². The zero-order valence-electron chi connectivity index (χ0n) is 10.2. The molecule has 0 atom stereocenters. The number of carbonyl (C=O) groups excluding carboxylic acids is 1. The molecular weight excluding hydrogens is 282 g/mol. The van der Waals surface area contributed by atoms with Crippen LogP contribution in [-0.2, 0) is 0 Å². The van der Waals surface area contributed by atoms with Gasteiger partial charge < -0.3 is 9.64 Å². The third-order valence-corrected chi connectivity index (χ3v) is 4.37. The Kier molecular flexibility index (Phi) is 3.74. The predicted molar refractivity (Wildman–Crippen MR) is 73.8 cm³/mol. The van der Waals surface area contributed by atoms with Gasteiger partial charge in [0.2, 0.25) is 0 Å². The van der Waals surface area contributed by atoms with Crippen molar-refractivity contribution in [3.05, 3.63) is 27.9 Å². The summed E-state index contributed by atoms with van der Waals surface area (Å²) in [6, 6.07) is 1.87. The summed E-state index contributed by atoms with van der Waals surface area (Å²) in [6.07, 6.45) is 1.82. The van der Waals surface area contributed by atoms with E-state index < -0.39 is 0 Å². The molecule has 0 N–H and O–H groups in total. The minimum absolute atomic E-state index is 0.121. The van der Waals surface area contributed by atoms with Crippen molar-refractivity contribution in [3.8, 4) is 5.19 Å². The van der Waals surface area contributed by atoms with Gasteiger partial charge in [-0.05, 0) is 11.4 Å². The molecule has 7 heteroatoms. The highest BCUT2D eigenvalue weighted by molar-refractivity contribution is 7.11. The summed E-state index contributed by atoms with van der Waals surface area (Å²) in [5.41, 5.74) is 2.44.